The van der Waals surface area contributed by atoms with Crippen molar-refractivity contribution in [1.29, 1.82) is 0 Å². The first-order valence-corrected chi connectivity index (χ1v) is 7.44. The molecule has 0 spiro atoms. The van der Waals surface area contributed by atoms with Crippen LogP contribution in [-0.2, 0) is 4.79 Å². The van der Waals surface area contributed by atoms with E-state index < -0.39 is 0 Å². The molecule has 0 saturated carbocycles. The highest BCUT2D eigenvalue weighted by molar-refractivity contribution is 5.78. The van der Waals surface area contributed by atoms with Crippen LogP contribution in [0.1, 0.15) is 53.9 Å². The Labute approximate surface area is 112 Å². The number of amides is 1. The highest BCUT2D eigenvalue weighted by Crippen LogP contribution is 2.18. The van der Waals surface area contributed by atoms with Crippen LogP contribution in [0, 0.1) is 11.8 Å². The molecule has 2 atom stereocenters. The largest absolute Gasteiger partial charge is 0.353 e. The molecule has 1 N–H and O–H groups in total. The lowest BCUT2D eigenvalue weighted by molar-refractivity contribution is -0.125. The van der Waals surface area contributed by atoms with E-state index in [0.717, 1.165) is 25.3 Å². The summed E-state index contributed by atoms with van der Waals surface area (Å²) >= 11 is 0. The van der Waals surface area contributed by atoms with E-state index in [1.54, 1.807) is 0 Å². The third-order valence-electron chi connectivity index (χ3n) is 3.88. The minimum Gasteiger partial charge on any atom is -0.353 e. The SMILES string of the molecule is CC(C)CCN1CC[C@@H](NC(=O)C(C)C)C[C@H]1C. The second-order valence-corrected chi connectivity index (χ2v) is 6.45. The fourth-order valence-electron chi connectivity index (χ4n) is 2.48. The van der Waals surface area contributed by atoms with Crippen LogP contribution < -0.4 is 5.32 Å². The number of carbonyl (C=O) groups excluding carboxylic acids is 1. The van der Waals surface area contributed by atoms with Gasteiger partial charge in [-0.25, -0.2) is 0 Å². The van der Waals surface area contributed by atoms with Crippen molar-refractivity contribution in [3.05, 3.63) is 0 Å². The molecule has 0 radical (unpaired) electrons. The molecule has 0 unspecified atom stereocenters. The van der Waals surface area contributed by atoms with Gasteiger partial charge >= 0.3 is 0 Å². The lowest BCUT2D eigenvalue weighted by atomic mass is 9.96. The number of likely N-dealkylation sites (tertiary alicyclic amines) is 1. The number of rotatable bonds is 5. The second-order valence-electron chi connectivity index (χ2n) is 6.45. The number of carbonyl (C=O) groups is 1. The van der Waals surface area contributed by atoms with Crippen LogP contribution in [0.25, 0.3) is 0 Å². The summed E-state index contributed by atoms with van der Waals surface area (Å²) in [6, 6.07) is 0.972. The zero-order chi connectivity index (χ0) is 13.7. The van der Waals surface area contributed by atoms with E-state index in [-0.39, 0.29) is 11.8 Å². The van der Waals surface area contributed by atoms with Gasteiger partial charge in [0, 0.05) is 24.5 Å². The van der Waals surface area contributed by atoms with Gasteiger partial charge in [-0.05, 0) is 38.6 Å². The molecule has 1 saturated heterocycles. The molecule has 1 heterocycles. The minimum atomic E-state index is 0.0966. The Bertz CT molecular complexity index is 263. The molecule has 106 valence electrons. The van der Waals surface area contributed by atoms with Gasteiger partial charge in [0.2, 0.25) is 5.91 Å². The molecule has 18 heavy (non-hydrogen) atoms. The predicted molar refractivity (Wildman–Crippen MR) is 76.5 cm³/mol. The average Bonchev–Trinajstić information content (AvgIpc) is 2.27. The maximum absolute atomic E-state index is 11.7. The number of nitrogens with zero attached hydrogens (tertiary/aromatic N) is 1. The Hall–Kier alpha value is -0.570. The van der Waals surface area contributed by atoms with Crippen LogP contribution in [0.2, 0.25) is 0 Å². The van der Waals surface area contributed by atoms with Gasteiger partial charge in [-0.3, -0.25) is 4.79 Å². The molecule has 3 heteroatoms. The Morgan fingerprint density at radius 3 is 2.50 bits per heavy atom. The molecule has 3 nitrogen and oxygen atoms in total. The first kappa shape index (κ1) is 15.5. The van der Waals surface area contributed by atoms with Gasteiger partial charge in [-0.1, -0.05) is 27.7 Å². The van der Waals surface area contributed by atoms with Crippen LogP contribution >= 0.6 is 0 Å². The van der Waals surface area contributed by atoms with Gasteiger partial charge in [0.15, 0.2) is 0 Å². The van der Waals surface area contributed by atoms with Crippen LogP contribution in [0.3, 0.4) is 0 Å². The third kappa shape index (κ3) is 4.97. The normalized spacial score (nSPS) is 25.7. The van der Waals surface area contributed by atoms with E-state index in [1.807, 2.05) is 13.8 Å². The molecule has 1 rings (SSSR count). The van der Waals surface area contributed by atoms with E-state index in [9.17, 15) is 4.79 Å². The van der Waals surface area contributed by atoms with Gasteiger partial charge in [0.05, 0.1) is 0 Å². The Morgan fingerprint density at radius 1 is 1.33 bits per heavy atom. The summed E-state index contributed by atoms with van der Waals surface area (Å²) in [7, 11) is 0. The second kappa shape index (κ2) is 7.13. The molecular weight excluding hydrogens is 224 g/mol. The molecule has 0 aliphatic carbocycles. The summed E-state index contributed by atoms with van der Waals surface area (Å²) in [5, 5.41) is 3.17. The summed E-state index contributed by atoms with van der Waals surface area (Å²) in [5.74, 6) is 1.07. The maximum atomic E-state index is 11.7. The third-order valence-corrected chi connectivity index (χ3v) is 3.88. The Balaban J connectivity index is 2.34. The molecule has 0 bridgehead atoms. The van der Waals surface area contributed by atoms with Crippen molar-refractivity contribution < 1.29 is 4.79 Å². The van der Waals surface area contributed by atoms with Crippen LogP contribution in [0.4, 0.5) is 0 Å². The monoisotopic (exact) mass is 254 g/mol. The van der Waals surface area contributed by atoms with Gasteiger partial charge in [-0.15, -0.1) is 0 Å². The van der Waals surface area contributed by atoms with Gasteiger partial charge in [0.25, 0.3) is 0 Å². The first-order valence-electron chi connectivity index (χ1n) is 7.44. The van der Waals surface area contributed by atoms with Crippen molar-refractivity contribution in [3.8, 4) is 0 Å². The Kier molecular flexibility index (Phi) is 6.13. The van der Waals surface area contributed by atoms with Crippen molar-refractivity contribution in [2.45, 2.75) is 66.0 Å². The fourth-order valence-corrected chi connectivity index (χ4v) is 2.48. The predicted octanol–water partition coefficient (Wildman–Crippen LogP) is 2.66. The van der Waals surface area contributed by atoms with Crippen LogP contribution in [0.15, 0.2) is 0 Å². The van der Waals surface area contributed by atoms with E-state index in [1.165, 1.54) is 13.0 Å². The van der Waals surface area contributed by atoms with Crippen molar-refractivity contribution in [2.75, 3.05) is 13.1 Å². The number of piperidine rings is 1. The molecule has 1 aliphatic rings. The molecule has 1 aliphatic heterocycles. The highest BCUT2D eigenvalue weighted by Gasteiger charge is 2.26. The lowest BCUT2D eigenvalue weighted by Gasteiger charge is -2.38. The zero-order valence-electron chi connectivity index (χ0n) is 12.7. The van der Waals surface area contributed by atoms with Gasteiger partial charge in [0.1, 0.15) is 0 Å². The molecule has 0 aromatic carbocycles. The zero-order valence-corrected chi connectivity index (χ0v) is 12.7. The quantitative estimate of drug-likeness (QED) is 0.818. The highest BCUT2D eigenvalue weighted by atomic mass is 16.1. The smallest absolute Gasteiger partial charge is 0.222 e. The summed E-state index contributed by atoms with van der Waals surface area (Å²) in [6.45, 7) is 13.1. The van der Waals surface area contributed by atoms with E-state index in [4.69, 9.17) is 0 Å². The van der Waals surface area contributed by atoms with Gasteiger partial charge in [-0.2, -0.15) is 0 Å². The number of hydrogen-bond donors (Lipinski definition) is 1. The lowest BCUT2D eigenvalue weighted by Crippen LogP contribution is -2.49. The summed E-state index contributed by atoms with van der Waals surface area (Å²) in [5.41, 5.74) is 0. The first-order chi connectivity index (χ1) is 8.40. The Morgan fingerprint density at radius 2 is 2.00 bits per heavy atom. The summed E-state index contributed by atoms with van der Waals surface area (Å²) in [4.78, 5) is 14.3. The van der Waals surface area contributed by atoms with Crippen LogP contribution in [0.5, 0.6) is 0 Å². The standard InChI is InChI=1S/C15H30N2O/c1-11(2)6-8-17-9-7-14(10-13(17)5)16-15(18)12(3)4/h11-14H,6-10H2,1-5H3,(H,16,18)/t13-,14-/m1/s1. The molecular formula is C15H30N2O. The van der Waals surface area contributed by atoms with Crippen molar-refractivity contribution in [2.24, 2.45) is 11.8 Å². The minimum absolute atomic E-state index is 0.0966. The van der Waals surface area contributed by atoms with Crippen molar-refractivity contribution in [1.82, 2.24) is 10.2 Å². The summed E-state index contributed by atoms with van der Waals surface area (Å²) in [6.07, 6.45) is 3.46. The number of nitrogens with one attached hydrogen (secondary N) is 1. The molecule has 1 amide bonds. The van der Waals surface area contributed by atoms with E-state index in [0.29, 0.717) is 12.1 Å². The summed E-state index contributed by atoms with van der Waals surface area (Å²) < 4.78 is 0. The van der Waals surface area contributed by atoms with E-state index in [2.05, 4.69) is 31.0 Å². The van der Waals surface area contributed by atoms with E-state index >= 15 is 0 Å². The van der Waals surface area contributed by atoms with Crippen molar-refractivity contribution >= 4 is 5.91 Å². The van der Waals surface area contributed by atoms with Crippen molar-refractivity contribution in [3.63, 3.8) is 0 Å². The number of hydrogen-bond acceptors (Lipinski definition) is 2. The molecule has 0 aromatic heterocycles. The van der Waals surface area contributed by atoms with Crippen LogP contribution in [-0.4, -0.2) is 36.0 Å². The fraction of sp³-hybridized carbons (Fsp3) is 0.933. The molecule has 0 aromatic rings. The topological polar surface area (TPSA) is 32.3 Å². The maximum Gasteiger partial charge on any atom is 0.222 e. The molecule has 1 fully saturated rings. The van der Waals surface area contributed by atoms with Gasteiger partial charge < -0.3 is 10.2 Å². The average molecular weight is 254 g/mol.